The van der Waals surface area contributed by atoms with Gasteiger partial charge >= 0.3 is 18.9 Å². The van der Waals surface area contributed by atoms with E-state index in [9.17, 15) is 0 Å². The molecule has 1 heterocycles. The van der Waals surface area contributed by atoms with E-state index in [4.69, 9.17) is 0 Å². The van der Waals surface area contributed by atoms with Crippen molar-refractivity contribution >= 4 is 0 Å². The fraction of sp³-hybridized carbons (Fsp3) is 0.111. The Morgan fingerprint density at radius 2 is 1.93 bits per heavy atom. The van der Waals surface area contributed by atoms with Crippen molar-refractivity contribution in [3.8, 4) is 0 Å². The van der Waals surface area contributed by atoms with Gasteiger partial charge in [0.25, 0.3) is 0 Å². The summed E-state index contributed by atoms with van der Waals surface area (Å²) >= 11 is 0. The van der Waals surface area contributed by atoms with Gasteiger partial charge in [-0.1, -0.05) is 6.07 Å². The summed E-state index contributed by atoms with van der Waals surface area (Å²) in [5.41, 5.74) is 1.08. The molecule has 0 aliphatic carbocycles. The largest absolute Gasteiger partial charge is 1.00 e. The minimum Gasteiger partial charge on any atom is -0.184 e. The zero-order chi connectivity index (χ0) is 9.10. The van der Waals surface area contributed by atoms with Gasteiger partial charge in [0.05, 0.1) is 7.05 Å². The maximum atomic E-state index is 4.04. The molecule has 4 nitrogen and oxygen atoms in total. The summed E-state index contributed by atoms with van der Waals surface area (Å²) in [5, 5.41) is 11.6. The summed E-state index contributed by atoms with van der Waals surface area (Å²) in [6.45, 7) is 0. The third-order valence-corrected chi connectivity index (χ3v) is 1.62. The van der Waals surface area contributed by atoms with Crippen LogP contribution in [-0.4, -0.2) is 20.2 Å². The minimum atomic E-state index is 0. The van der Waals surface area contributed by atoms with Gasteiger partial charge in [0.15, 0.2) is 0 Å². The smallest absolute Gasteiger partial charge is 0.184 e. The molecule has 0 bridgehead atoms. The fourth-order valence-corrected chi connectivity index (χ4v) is 1.05. The molecule has 0 fully saturated rings. The second-order valence-corrected chi connectivity index (χ2v) is 2.69. The fourth-order valence-electron chi connectivity index (χ4n) is 1.05. The molecular weight excluding hydrogens is 171 g/mol. The monoisotopic (exact) mass is 180 g/mol. The molecule has 0 aliphatic heterocycles. The molecule has 0 unspecified atom stereocenters. The quantitative estimate of drug-likeness (QED) is 0.389. The zero-order valence-electron chi connectivity index (χ0n) is 8.25. The maximum absolute atomic E-state index is 4.04. The molecule has 0 saturated carbocycles. The Kier molecular flexibility index (Phi) is 3.75. The first-order valence-corrected chi connectivity index (χ1v) is 3.98. The number of aromatic nitrogens is 4. The van der Waals surface area contributed by atoms with Crippen molar-refractivity contribution in [2.45, 2.75) is 0 Å². The van der Waals surface area contributed by atoms with Crippen molar-refractivity contribution in [1.82, 2.24) is 20.2 Å². The average Bonchev–Trinajstić information content (AvgIpc) is 2.53. The van der Waals surface area contributed by atoms with Gasteiger partial charge in [-0.05, 0) is 5.21 Å². The Bertz CT molecular complexity index is 385. The molecule has 2 rings (SSSR count). The number of hydrogen-bond acceptors (Lipinski definition) is 3. The van der Waals surface area contributed by atoms with Gasteiger partial charge in [0.1, 0.15) is 5.82 Å². The van der Waals surface area contributed by atoms with E-state index in [-0.39, 0.29) is 18.9 Å². The van der Waals surface area contributed by atoms with E-state index in [1.807, 2.05) is 36.8 Å². The van der Waals surface area contributed by atoms with Crippen LogP contribution in [0.1, 0.15) is 11.4 Å². The van der Waals surface area contributed by atoms with Crippen LogP contribution in [0.25, 0.3) is 0 Å². The summed E-state index contributed by atoms with van der Waals surface area (Å²) in [6.07, 6.45) is 1.88. The molecular formula is C9H9LiN4. The van der Waals surface area contributed by atoms with Crippen LogP contribution in [0.5, 0.6) is 0 Å². The Morgan fingerprint density at radius 1 is 1.21 bits per heavy atom. The van der Waals surface area contributed by atoms with Gasteiger partial charge < -0.3 is 0 Å². The second-order valence-electron chi connectivity index (χ2n) is 2.69. The predicted molar refractivity (Wildman–Crippen MR) is 47.7 cm³/mol. The number of benzene rings is 1. The van der Waals surface area contributed by atoms with Gasteiger partial charge in [-0.25, -0.2) is 0 Å². The molecule has 1 aromatic heterocycles. The molecule has 0 N–H and O–H groups in total. The Morgan fingerprint density at radius 3 is 2.50 bits per heavy atom. The first kappa shape index (κ1) is 10.8. The van der Waals surface area contributed by atoms with Gasteiger partial charge in [-0.15, -0.1) is 28.8 Å². The first-order chi connectivity index (χ1) is 6.34. The Balaban J connectivity index is 0.000000980. The van der Waals surface area contributed by atoms with Crippen LogP contribution in [0, 0.1) is 6.42 Å². The van der Waals surface area contributed by atoms with Gasteiger partial charge in [-0.2, -0.15) is 22.5 Å². The van der Waals surface area contributed by atoms with Crippen LogP contribution in [0.4, 0.5) is 0 Å². The van der Waals surface area contributed by atoms with Crippen LogP contribution >= 0.6 is 0 Å². The van der Waals surface area contributed by atoms with Crippen molar-refractivity contribution < 1.29 is 18.9 Å². The van der Waals surface area contributed by atoms with Crippen molar-refractivity contribution in [3.05, 3.63) is 48.1 Å². The van der Waals surface area contributed by atoms with Crippen LogP contribution in [0.3, 0.4) is 0 Å². The number of tetrazole rings is 1. The van der Waals surface area contributed by atoms with Gasteiger partial charge in [-0.3, -0.25) is 0 Å². The number of rotatable bonds is 2. The summed E-state index contributed by atoms with van der Waals surface area (Å²) in [6, 6.07) is 9.92. The van der Waals surface area contributed by atoms with Crippen LogP contribution in [-0.2, 0) is 7.05 Å². The summed E-state index contributed by atoms with van der Waals surface area (Å²) in [4.78, 5) is 1.44. The molecule has 0 amide bonds. The predicted octanol–water partition coefficient (Wildman–Crippen LogP) is -2.19. The van der Waals surface area contributed by atoms with E-state index in [2.05, 4.69) is 15.4 Å². The third-order valence-electron chi connectivity index (χ3n) is 1.62. The molecule has 66 valence electrons. The third kappa shape index (κ3) is 2.62. The number of hydrogen-bond donors (Lipinski definition) is 0. The molecule has 1 aromatic carbocycles. The molecule has 0 aliphatic rings. The van der Waals surface area contributed by atoms with E-state index in [0.717, 1.165) is 5.56 Å². The topological polar surface area (TPSA) is 43.6 Å². The van der Waals surface area contributed by atoms with Crippen molar-refractivity contribution in [2.24, 2.45) is 7.05 Å². The second kappa shape index (κ2) is 4.85. The van der Waals surface area contributed by atoms with E-state index in [0.29, 0.717) is 5.82 Å². The minimum absolute atomic E-state index is 0. The molecule has 0 saturated heterocycles. The van der Waals surface area contributed by atoms with Crippen molar-refractivity contribution in [3.63, 3.8) is 0 Å². The van der Waals surface area contributed by atoms with Gasteiger partial charge in [0.2, 0.25) is 0 Å². The molecule has 0 radical (unpaired) electrons. The normalized spacial score (nSPS) is 9.21. The van der Waals surface area contributed by atoms with E-state index in [1.54, 1.807) is 7.05 Å². The van der Waals surface area contributed by atoms with Crippen molar-refractivity contribution in [2.75, 3.05) is 0 Å². The zero-order valence-corrected chi connectivity index (χ0v) is 8.25. The molecule has 2 aromatic rings. The summed E-state index contributed by atoms with van der Waals surface area (Å²) < 4.78 is 0. The van der Waals surface area contributed by atoms with Crippen LogP contribution in [0.15, 0.2) is 30.3 Å². The molecule has 0 spiro atoms. The summed E-state index contributed by atoms with van der Waals surface area (Å²) in [5.74, 6) is 0.633. The Hall–Kier alpha value is -1.24. The van der Waals surface area contributed by atoms with E-state index < -0.39 is 0 Å². The summed E-state index contributed by atoms with van der Waals surface area (Å²) in [7, 11) is 1.75. The molecule has 14 heavy (non-hydrogen) atoms. The maximum Gasteiger partial charge on any atom is 1.00 e. The first-order valence-electron chi connectivity index (χ1n) is 3.98. The number of aryl methyl sites for hydroxylation is 1. The molecule has 0 atom stereocenters. The standard InChI is InChI=1S/C9H9N4.Li/c1-13-11-9(10-12-13)7-8-5-3-2-4-6-8;/h2-7H,1H3;/q-1;+1. The SMILES string of the molecule is Cn1nnc([CH-]c2ccccc2)n1.[Li+]. The van der Waals surface area contributed by atoms with Crippen LogP contribution in [0.2, 0.25) is 0 Å². The molecule has 5 heteroatoms. The van der Waals surface area contributed by atoms with Gasteiger partial charge in [0, 0.05) is 0 Å². The van der Waals surface area contributed by atoms with Crippen molar-refractivity contribution in [1.29, 1.82) is 0 Å². The number of nitrogens with zero attached hydrogens (tertiary/aromatic N) is 4. The van der Waals surface area contributed by atoms with E-state index in [1.165, 1.54) is 4.80 Å². The van der Waals surface area contributed by atoms with Crippen LogP contribution < -0.4 is 18.9 Å². The average molecular weight is 180 g/mol. The van der Waals surface area contributed by atoms with E-state index >= 15 is 0 Å². The Labute approximate surface area is 94.5 Å².